The molecule has 2 aromatic heterocycles. The van der Waals surface area contributed by atoms with Crippen LogP contribution in [0, 0.1) is 11.6 Å². The molecule has 37 heavy (non-hydrogen) atoms. The number of methoxy groups -OCH3 is 1. The average molecular weight is 522 g/mol. The molecule has 0 aliphatic carbocycles. The fraction of sp³-hybridized carbons (Fsp3) is 0.0385. The fourth-order valence-corrected chi connectivity index (χ4v) is 4.25. The van der Waals surface area contributed by atoms with Gasteiger partial charge in [0, 0.05) is 24.4 Å². The number of amides is 1. The third-order valence-electron chi connectivity index (χ3n) is 5.06. The maximum Gasteiger partial charge on any atom is 0.280 e. The molecule has 0 aliphatic heterocycles. The van der Waals surface area contributed by atoms with Crippen LogP contribution >= 0.6 is 11.3 Å². The first-order valence-electron chi connectivity index (χ1n) is 10.7. The first-order valence-corrected chi connectivity index (χ1v) is 11.6. The van der Waals surface area contributed by atoms with Gasteiger partial charge in [-0.15, -0.1) is 0 Å². The highest BCUT2D eigenvalue weighted by Gasteiger charge is 2.20. The standard InChI is InChI=1S/C26H17F2N3O5S/c1-34-20-10-11-29-22(23(20)32)25(33)31-26-30-19-12-18(35-16-6-2-14(27)3-7-16)13-21(24(19)37-26)36-17-8-4-15(28)5-9-17/h2-13,32H,1H3,(H,30,31,33). The normalized spacial score (nSPS) is 10.8. The second-order valence-corrected chi connectivity index (χ2v) is 8.56. The zero-order valence-corrected chi connectivity index (χ0v) is 19.9. The molecule has 0 saturated carbocycles. The van der Waals surface area contributed by atoms with E-state index in [-0.39, 0.29) is 16.6 Å². The van der Waals surface area contributed by atoms with E-state index in [0.717, 1.165) is 11.3 Å². The van der Waals surface area contributed by atoms with Gasteiger partial charge in [-0.1, -0.05) is 11.3 Å². The third kappa shape index (κ3) is 5.26. The van der Waals surface area contributed by atoms with E-state index in [2.05, 4.69) is 15.3 Å². The topological polar surface area (TPSA) is 103 Å². The second-order valence-electron chi connectivity index (χ2n) is 7.57. The Morgan fingerprint density at radius 3 is 2.19 bits per heavy atom. The number of carbonyl (C=O) groups excluding carboxylic acids is 1. The lowest BCUT2D eigenvalue weighted by Crippen LogP contribution is -2.13. The van der Waals surface area contributed by atoms with Crippen molar-refractivity contribution in [2.24, 2.45) is 0 Å². The molecule has 0 unspecified atom stereocenters. The molecule has 0 atom stereocenters. The van der Waals surface area contributed by atoms with Crippen molar-refractivity contribution in [3.8, 4) is 34.5 Å². The molecule has 8 nitrogen and oxygen atoms in total. The lowest BCUT2D eigenvalue weighted by atomic mass is 10.2. The van der Waals surface area contributed by atoms with Gasteiger partial charge in [0.25, 0.3) is 5.91 Å². The van der Waals surface area contributed by atoms with Crippen LogP contribution in [0.4, 0.5) is 13.9 Å². The second kappa shape index (κ2) is 10.1. The van der Waals surface area contributed by atoms with Crippen molar-refractivity contribution >= 4 is 32.6 Å². The number of aromatic hydroxyl groups is 1. The number of ether oxygens (including phenoxy) is 3. The predicted octanol–water partition coefficient (Wildman–Crippen LogP) is 6.52. The molecule has 3 aromatic carbocycles. The number of halogens is 2. The van der Waals surface area contributed by atoms with Crippen molar-refractivity contribution in [2.45, 2.75) is 0 Å². The van der Waals surface area contributed by atoms with Crippen LogP contribution < -0.4 is 19.5 Å². The van der Waals surface area contributed by atoms with Gasteiger partial charge in [-0.3, -0.25) is 10.1 Å². The Balaban J connectivity index is 1.50. The molecule has 2 heterocycles. The number of anilines is 1. The highest BCUT2D eigenvalue weighted by atomic mass is 32.1. The smallest absolute Gasteiger partial charge is 0.280 e. The van der Waals surface area contributed by atoms with Crippen LogP contribution in [-0.2, 0) is 0 Å². The number of nitrogens with zero attached hydrogens (tertiary/aromatic N) is 2. The molecule has 2 N–H and O–H groups in total. The summed E-state index contributed by atoms with van der Waals surface area (Å²) in [5.41, 5.74) is 0.196. The van der Waals surface area contributed by atoms with E-state index in [0.29, 0.717) is 33.2 Å². The summed E-state index contributed by atoms with van der Waals surface area (Å²) in [4.78, 5) is 21.1. The van der Waals surface area contributed by atoms with E-state index >= 15 is 0 Å². The summed E-state index contributed by atoms with van der Waals surface area (Å²) < 4.78 is 44.1. The van der Waals surface area contributed by atoms with Gasteiger partial charge in [-0.05, 0) is 48.5 Å². The van der Waals surface area contributed by atoms with Crippen LogP contribution in [0.2, 0.25) is 0 Å². The Labute approximate surface area is 212 Å². The Hall–Kier alpha value is -4.77. The van der Waals surface area contributed by atoms with Crippen LogP contribution in [0.25, 0.3) is 10.2 Å². The van der Waals surface area contributed by atoms with Crippen molar-refractivity contribution in [1.29, 1.82) is 0 Å². The zero-order valence-electron chi connectivity index (χ0n) is 19.1. The number of rotatable bonds is 7. The Kier molecular flexibility index (Phi) is 6.52. The Morgan fingerprint density at radius 1 is 0.892 bits per heavy atom. The number of fused-ring (bicyclic) bond motifs is 1. The lowest BCUT2D eigenvalue weighted by Gasteiger charge is -2.10. The van der Waals surface area contributed by atoms with E-state index in [1.807, 2.05) is 0 Å². The summed E-state index contributed by atoms with van der Waals surface area (Å²) in [5, 5.41) is 13.1. The summed E-state index contributed by atoms with van der Waals surface area (Å²) in [6.07, 6.45) is 1.33. The van der Waals surface area contributed by atoms with E-state index in [4.69, 9.17) is 14.2 Å². The first kappa shape index (κ1) is 23.9. The highest BCUT2D eigenvalue weighted by Crippen LogP contribution is 2.41. The SMILES string of the molecule is COc1ccnc(C(=O)Nc2nc3cc(Oc4ccc(F)cc4)cc(Oc4ccc(F)cc4)c3s2)c1O. The van der Waals surface area contributed by atoms with Crippen molar-refractivity contribution in [3.63, 3.8) is 0 Å². The summed E-state index contributed by atoms with van der Waals surface area (Å²) in [6.45, 7) is 0. The molecule has 0 aliphatic rings. The first-order chi connectivity index (χ1) is 17.9. The summed E-state index contributed by atoms with van der Waals surface area (Å²) in [5.74, 6) is -0.390. The molecule has 5 rings (SSSR count). The molecule has 186 valence electrons. The monoisotopic (exact) mass is 521 g/mol. The molecule has 0 spiro atoms. The molecule has 5 aromatic rings. The molecule has 0 saturated heterocycles. The highest BCUT2D eigenvalue weighted by molar-refractivity contribution is 7.22. The number of aromatic nitrogens is 2. The summed E-state index contributed by atoms with van der Waals surface area (Å²) in [7, 11) is 1.36. The minimum atomic E-state index is -0.695. The molecular weight excluding hydrogens is 504 g/mol. The predicted molar refractivity (Wildman–Crippen MR) is 133 cm³/mol. The number of pyridine rings is 1. The van der Waals surface area contributed by atoms with Gasteiger partial charge in [-0.25, -0.2) is 18.7 Å². The number of hydrogen-bond donors (Lipinski definition) is 2. The zero-order chi connectivity index (χ0) is 25.9. The maximum absolute atomic E-state index is 13.4. The Morgan fingerprint density at radius 2 is 1.54 bits per heavy atom. The van der Waals surface area contributed by atoms with Gasteiger partial charge >= 0.3 is 0 Å². The average Bonchev–Trinajstić information content (AvgIpc) is 3.29. The number of benzene rings is 3. The molecular formula is C26H17F2N3O5S. The van der Waals surface area contributed by atoms with E-state index < -0.39 is 23.3 Å². The minimum Gasteiger partial charge on any atom is -0.503 e. The van der Waals surface area contributed by atoms with Crippen LogP contribution in [-0.4, -0.2) is 28.1 Å². The van der Waals surface area contributed by atoms with Gasteiger partial charge < -0.3 is 19.3 Å². The summed E-state index contributed by atoms with van der Waals surface area (Å²) in [6, 6.07) is 15.6. The van der Waals surface area contributed by atoms with Gasteiger partial charge in [0.15, 0.2) is 28.1 Å². The van der Waals surface area contributed by atoms with Crippen LogP contribution in [0.5, 0.6) is 34.5 Å². The van der Waals surface area contributed by atoms with Crippen molar-refractivity contribution < 1.29 is 32.9 Å². The molecule has 0 bridgehead atoms. The van der Waals surface area contributed by atoms with Crippen LogP contribution in [0.1, 0.15) is 10.5 Å². The van der Waals surface area contributed by atoms with Crippen molar-refractivity contribution in [3.05, 3.63) is 90.3 Å². The van der Waals surface area contributed by atoms with Gasteiger partial charge in [0.05, 0.1) is 17.3 Å². The molecule has 0 fully saturated rings. The van der Waals surface area contributed by atoms with E-state index in [1.54, 1.807) is 12.1 Å². The van der Waals surface area contributed by atoms with E-state index in [1.165, 1.54) is 67.9 Å². The molecule has 11 heteroatoms. The van der Waals surface area contributed by atoms with Gasteiger partial charge in [0.1, 0.15) is 28.9 Å². The van der Waals surface area contributed by atoms with Crippen molar-refractivity contribution in [2.75, 3.05) is 12.4 Å². The van der Waals surface area contributed by atoms with Crippen LogP contribution in [0.3, 0.4) is 0 Å². The lowest BCUT2D eigenvalue weighted by molar-refractivity contribution is 0.101. The van der Waals surface area contributed by atoms with Gasteiger partial charge in [0.2, 0.25) is 0 Å². The Bertz CT molecular complexity index is 1590. The number of hydrogen-bond acceptors (Lipinski definition) is 8. The van der Waals surface area contributed by atoms with Crippen LogP contribution in [0.15, 0.2) is 72.9 Å². The summed E-state index contributed by atoms with van der Waals surface area (Å²) >= 11 is 1.11. The number of thiazole rings is 1. The van der Waals surface area contributed by atoms with E-state index in [9.17, 15) is 18.7 Å². The largest absolute Gasteiger partial charge is 0.503 e. The quantitative estimate of drug-likeness (QED) is 0.251. The third-order valence-corrected chi connectivity index (χ3v) is 6.06. The number of nitrogens with one attached hydrogen (secondary N) is 1. The maximum atomic E-state index is 13.4. The van der Waals surface area contributed by atoms with Gasteiger partial charge in [-0.2, -0.15) is 0 Å². The minimum absolute atomic E-state index is 0.0991. The molecule has 0 radical (unpaired) electrons. The molecule has 1 amide bonds. The van der Waals surface area contributed by atoms with Crippen molar-refractivity contribution in [1.82, 2.24) is 9.97 Å². The fourth-order valence-electron chi connectivity index (χ4n) is 3.36. The number of carbonyl (C=O) groups is 1.